The summed E-state index contributed by atoms with van der Waals surface area (Å²) in [6, 6.07) is 3.93. The van der Waals surface area contributed by atoms with Crippen LogP contribution in [0.15, 0.2) is 30.6 Å². The third-order valence-electron chi connectivity index (χ3n) is 4.27. The quantitative estimate of drug-likeness (QED) is 0.899. The molecule has 2 aromatic rings. The number of halogens is 3. The lowest BCUT2D eigenvalue weighted by molar-refractivity contribution is -0.143. The maximum Gasteiger partial charge on any atom is 0.433 e. The molecule has 3 rings (SSSR count). The minimum absolute atomic E-state index is 0.0264. The van der Waals surface area contributed by atoms with Gasteiger partial charge in [0, 0.05) is 37.1 Å². The van der Waals surface area contributed by atoms with Crippen LogP contribution in [-0.4, -0.2) is 39.1 Å². The van der Waals surface area contributed by atoms with Gasteiger partial charge in [-0.1, -0.05) is 6.92 Å². The van der Waals surface area contributed by atoms with Gasteiger partial charge in [-0.05, 0) is 24.5 Å². The second-order valence-electron chi connectivity index (χ2n) is 6.45. The van der Waals surface area contributed by atoms with E-state index in [0.717, 1.165) is 6.07 Å². The van der Waals surface area contributed by atoms with Crippen LogP contribution in [0.3, 0.4) is 0 Å². The lowest BCUT2D eigenvalue weighted by Gasteiger charge is -2.35. The fourth-order valence-electron chi connectivity index (χ4n) is 3.09. The number of aromatic nitrogens is 3. The van der Waals surface area contributed by atoms with E-state index in [1.165, 1.54) is 24.5 Å². The summed E-state index contributed by atoms with van der Waals surface area (Å²) in [6.07, 6.45) is -1.25. The minimum Gasteiger partial charge on any atom is -0.481 e. The SMILES string of the molecule is CC1CC(C(=O)O)CN(c2cc(C(F)(F)F)nc(-c3ccncc3)n2)C1. The van der Waals surface area contributed by atoms with Crippen LogP contribution in [0, 0.1) is 11.8 Å². The van der Waals surface area contributed by atoms with E-state index < -0.39 is 23.8 Å². The molecule has 26 heavy (non-hydrogen) atoms. The minimum atomic E-state index is -4.63. The number of carboxylic acids is 1. The topological polar surface area (TPSA) is 79.2 Å². The van der Waals surface area contributed by atoms with Crippen LogP contribution < -0.4 is 4.90 Å². The summed E-state index contributed by atoms with van der Waals surface area (Å²) in [6.45, 7) is 2.43. The average Bonchev–Trinajstić information content (AvgIpc) is 2.61. The zero-order chi connectivity index (χ0) is 18.9. The van der Waals surface area contributed by atoms with E-state index in [4.69, 9.17) is 0 Å². The monoisotopic (exact) mass is 366 g/mol. The summed E-state index contributed by atoms with van der Waals surface area (Å²) >= 11 is 0. The molecule has 2 aromatic heterocycles. The first kappa shape index (κ1) is 18.1. The highest BCUT2D eigenvalue weighted by molar-refractivity contribution is 5.71. The predicted molar refractivity (Wildman–Crippen MR) is 87.4 cm³/mol. The Morgan fingerprint density at radius 2 is 1.92 bits per heavy atom. The van der Waals surface area contributed by atoms with Crippen molar-refractivity contribution in [3.8, 4) is 11.4 Å². The Balaban J connectivity index is 2.04. The molecule has 1 saturated heterocycles. The Labute approximate surface area is 147 Å². The summed E-state index contributed by atoms with van der Waals surface area (Å²) in [5, 5.41) is 9.29. The number of carboxylic acid groups (broad SMARTS) is 1. The van der Waals surface area contributed by atoms with E-state index in [9.17, 15) is 23.1 Å². The smallest absolute Gasteiger partial charge is 0.433 e. The van der Waals surface area contributed by atoms with E-state index in [1.54, 1.807) is 4.90 Å². The van der Waals surface area contributed by atoms with Crippen LogP contribution in [0.1, 0.15) is 19.0 Å². The van der Waals surface area contributed by atoms with Gasteiger partial charge in [0.15, 0.2) is 11.5 Å². The third-order valence-corrected chi connectivity index (χ3v) is 4.27. The van der Waals surface area contributed by atoms with Gasteiger partial charge in [-0.2, -0.15) is 13.2 Å². The first-order valence-corrected chi connectivity index (χ1v) is 8.08. The Morgan fingerprint density at radius 1 is 1.23 bits per heavy atom. The Bertz CT molecular complexity index is 798. The maximum absolute atomic E-state index is 13.3. The summed E-state index contributed by atoms with van der Waals surface area (Å²) in [5.41, 5.74) is -0.647. The Hall–Kier alpha value is -2.71. The van der Waals surface area contributed by atoms with Gasteiger partial charge < -0.3 is 10.0 Å². The van der Waals surface area contributed by atoms with Gasteiger partial charge in [0.2, 0.25) is 0 Å². The fourth-order valence-corrected chi connectivity index (χ4v) is 3.09. The van der Waals surface area contributed by atoms with Crippen molar-refractivity contribution in [1.29, 1.82) is 0 Å². The summed E-state index contributed by atoms with van der Waals surface area (Å²) in [4.78, 5) is 24.7. The van der Waals surface area contributed by atoms with E-state index >= 15 is 0 Å². The van der Waals surface area contributed by atoms with E-state index in [-0.39, 0.29) is 24.1 Å². The van der Waals surface area contributed by atoms with Crippen LogP contribution in [-0.2, 0) is 11.0 Å². The molecule has 0 amide bonds. The van der Waals surface area contributed by atoms with Gasteiger partial charge in [0.05, 0.1) is 5.92 Å². The molecule has 1 fully saturated rings. The highest BCUT2D eigenvalue weighted by atomic mass is 19.4. The second kappa shape index (κ2) is 6.89. The summed E-state index contributed by atoms with van der Waals surface area (Å²) < 4.78 is 39.9. The molecular formula is C17H17F3N4O2. The zero-order valence-corrected chi connectivity index (χ0v) is 13.9. The molecule has 1 aliphatic rings. The molecule has 2 atom stereocenters. The molecule has 0 aliphatic carbocycles. The molecule has 0 spiro atoms. The normalized spacial score (nSPS) is 20.8. The molecule has 6 nitrogen and oxygen atoms in total. The third kappa shape index (κ3) is 3.92. The van der Waals surface area contributed by atoms with Crippen molar-refractivity contribution in [3.63, 3.8) is 0 Å². The maximum atomic E-state index is 13.3. The number of anilines is 1. The number of hydrogen-bond donors (Lipinski definition) is 1. The van der Waals surface area contributed by atoms with Gasteiger partial charge in [-0.25, -0.2) is 9.97 Å². The van der Waals surface area contributed by atoms with Crippen molar-refractivity contribution < 1.29 is 23.1 Å². The number of alkyl halides is 3. The van der Waals surface area contributed by atoms with Crippen molar-refractivity contribution >= 4 is 11.8 Å². The van der Waals surface area contributed by atoms with Gasteiger partial charge >= 0.3 is 12.1 Å². The molecule has 1 aliphatic heterocycles. The van der Waals surface area contributed by atoms with E-state index in [0.29, 0.717) is 18.5 Å². The van der Waals surface area contributed by atoms with Crippen molar-refractivity contribution in [2.24, 2.45) is 11.8 Å². The molecule has 0 radical (unpaired) electrons. The van der Waals surface area contributed by atoms with Crippen LogP contribution in [0.5, 0.6) is 0 Å². The highest BCUT2D eigenvalue weighted by Crippen LogP contribution is 2.33. The Morgan fingerprint density at radius 3 is 2.54 bits per heavy atom. The van der Waals surface area contributed by atoms with E-state index in [1.807, 2.05) is 6.92 Å². The molecule has 0 saturated carbocycles. The fraction of sp³-hybridized carbons (Fsp3) is 0.412. The number of rotatable bonds is 3. The number of carbonyl (C=O) groups is 1. The van der Waals surface area contributed by atoms with Gasteiger partial charge in [-0.3, -0.25) is 9.78 Å². The standard InChI is InChI=1S/C17H17F3N4O2/c1-10-6-12(16(25)26)9-24(8-10)14-7-13(17(18,19)20)22-15(23-14)11-2-4-21-5-3-11/h2-5,7,10,12H,6,8-9H2,1H3,(H,25,26). The lowest BCUT2D eigenvalue weighted by Crippen LogP contribution is -2.43. The largest absolute Gasteiger partial charge is 0.481 e. The van der Waals surface area contributed by atoms with Crippen molar-refractivity contribution in [1.82, 2.24) is 15.0 Å². The highest BCUT2D eigenvalue weighted by Gasteiger charge is 2.36. The predicted octanol–water partition coefficient (Wildman–Crippen LogP) is 3.10. The first-order valence-electron chi connectivity index (χ1n) is 8.08. The number of hydrogen-bond acceptors (Lipinski definition) is 5. The zero-order valence-electron chi connectivity index (χ0n) is 13.9. The molecule has 1 N–H and O–H groups in total. The molecule has 0 aromatic carbocycles. The van der Waals surface area contributed by atoms with Crippen LogP contribution in [0.2, 0.25) is 0 Å². The van der Waals surface area contributed by atoms with Crippen molar-refractivity contribution in [3.05, 3.63) is 36.3 Å². The van der Waals surface area contributed by atoms with E-state index in [2.05, 4.69) is 15.0 Å². The van der Waals surface area contributed by atoms with Crippen LogP contribution in [0.4, 0.5) is 19.0 Å². The molecule has 9 heteroatoms. The summed E-state index contributed by atoms with van der Waals surface area (Å²) in [5.74, 6) is -1.56. The van der Waals surface area contributed by atoms with Crippen molar-refractivity contribution in [2.75, 3.05) is 18.0 Å². The molecule has 0 bridgehead atoms. The van der Waals surface area contributed by atoms with Gasteiger partial charge in [-0.15, -0.1) is 0 Å². The van der Waals surface area contributed by atoms with Gasteiger partial charge in [0.25, 0.3) is 0 Å². The number of pyridine rings is 1. The number of nitrogens with zero attached hydrogens (tertiary/aromatic N) is 4. The van der Waals surface area contributed by atoms with Crippen LogP contribution in [0.25, 0.3) is 11.4 Å². The molecule has 3 heterocycles. The first-order chi connectivity index (χ1) is 12.2. The van der Waals surface area contributed by atoms with Crippen molar-refractivity contribution in [2.45, 2.75) is 19.5 Å². The second-order valence-corrected chi connectivity index (χ2v) is 6.45. The molecule has 138 valence electrons. The number of piperidine rings is 1. The van der Waals surface area contributed by atoms with Gasteiger partial charge in [0.1, 0.15) is 5.82 Å². The number of aliphatic carboxylic acids is 1. The summed E-state index contributed by atoms with van der Waals surface area (Å²) in [7, 11) is 0. The Kier molecular flexibility index (Phi) is 4.80. The average molecular weight is 366 g/mol. The molecular weight excluding hydrogens is 349 g/mol. The molecule has 2 unspecified atom stereocenters. The van der Waals surface area contributed by atoms with Crippen LogP contribution >= 0.6 is 0 Å². The lowest BCUT2D eigenvalue weighted by atomic mass is 9.90.